The Morgan fingerprint density at radius 3 is 1.96 bits per heavy atom. The van der Waals surface area contributed by atoms with E-state index < -0.39 is 7.26 Å². The van der Waals surface area contributed by atoms with Crippen LogP contribution < -0.4 is 10.6 Å². The molecule has 0 saturated heterocycles. The standard InChI is InChI=1S/C22H25P/c1-3-19-23(20-13-7-4-8-14-20,21-15-9-5-10-16-21)22(2)17-11-6-12-18-22/h3-17,23H,1,18-19H2,2H3. The van der Waals surface area contributed by atoms with Gasteiger partial charge in [-0.1, -0.05) is 0 Å². The van der Waals surface area contributed by atoms with Crippen LogP contribution >= 0.6 is 7.26 Å². The maximum atomic E-state index is 4.12. The Kier molecular flexibility index (Phi) is 4.64. The van der Waals surface area contributed by atoms with Crippen LogP contribution in [0.5, 0.6) is 0 Å². The zero-order valence-electron chi connectivity index (χ0n) is 13.8. The van der Waals surface area contributed by atoms with Crippen molar-refractivity contribution < 1.29 is 0 Å². The molecule has 1 heteroatoms. The Balaban J connectivity index is 2.29. The minimum absolute atomic E-state index is 0.151. The summed E-state index contributed by atoms with van der Waals surface area (Å²) in [5, 5.41) is 3.14. The molecule has 0 spiro atoms. The molecule has 1 atom stereocenters. The second-order valence-corrected chi connectivity index (χ2v) is 11.1. The Hall–Kier alpha value is -1.91. The van der Waals surface area contributed by atoms with Crippen molar-refractivity contribution in [2.45, 2.75) is 18.5 Å². The zero-order chi connectivity index (χ0) is 16.2. The van der Waals surface area contributed by atoms with Crippen molar-refractivity contribution in [2.24, 2.45) is 0 Å². The van der Waals surface area contributed by atoms with Crippen LogP contribution in [0.25, 0.3) is 0 Å². The normalized spacial score (nSPS) is 21.1. The molecule has 2 aromatic rings. The second kappa shape index (κ2) is 6.69. The number of hydrogen-bond donors (Lipinski definition) is 0. The Bertz CT molecular complexity index is 673. The fraction of sp³-hybridized carbons (Fsp3) is 0.182. The third-order valence-corrected chi connectivity index (χ3v) is 11.1. The zero-order valence-corrected chi connectivity index (χ0v) is 14.8. The summed E-state index contributed by atoms with van der Waals surface area (Å²) in [5.41, 5.74) is 0. The van der Waals surface area contributed by atoms with Crippen LogP contribution in [0.3, 0.4) is 0 Å². The molecule has 1 unspecified atom stereocenters. The fourth-order valence-electron chi connectivity index (χ4n) is 4.00. The van der Waals surface area contributed by atoms with Crippen LogP contribution in [0.1, 0.15) is 13.3 Å². The molecule has 118 valence electrons. The SMILES string of the molecule is C=CC[PH](c1ccccc1)(c1ccccc1)C1(C)C=CC=CC1. The van der Waals surface area contributed by atoms with Gasteiger partial charge in [0.1, 0.15) is 0 Å². The summed E-state index contributed by atoms with van der Waals surface area (Å²) in [6.45, 7) is 6.55. The maximum absolute atomic E-state index is 4.12. The van der Waals surface area contributed by atoms with Gasteiger partial charge in [0.15, 0.2) is 0 Å². The predicted octanol–water partition coefficient (Wildman–Crippen LogP) is 4.85. The molecule has 0 radical (unpaired) electrons. The van der Waals surface area contributed by atoms with Crippen LogP contribution in [-0.2, 0) is 0 Å². The first-order chi connectivity index (χ1) is 11.2. The molecule has 0 bridgehead atoms. The van der Waals surface area contributed by atoms with Crippen molar-refractivity contribution in [3.63, 3.8) is 0 Å². The third kappa shape index (κ3) is 2.73. The number of rotatable bonds is 5. The molecule has 0 heterocycles. The van der Waals surface area contributed by atoms with E-state index in [1.165, 1.54) is 10.6 Å². The minimum atomic E-state index is -2.03. The van der Waals surface area contributed by atoms with Gasteiger partial charge in [0.2, 0.25) is 0 Å². The molecule has 0 aliphatic heterocycles. The summed E-state index contributed by atoms with van der Waals surface area (Å²) in [4.78, 5) is 0. The van der Waals surface area contributed by atoms with Crippen molar-refractivity contribution in [1.82, 2.24) is 0 Å². The van der Waals surface area contributed by atoms with Gasteiger partial charge in [-0.05, 0) is 0 Å². The van der Waals surface area contributed by atoms with E-state index in [9.17, 15) is 0 Å². The molecule has 0 amide bonds. The molecule has 2 aromatic carbocycles. The van der Waals surface area contributed by atoms with Crippen LogP contribution in [0.2, 0.25) is 0 Å². The first kappa shape index (κ1) is 16.0. The number of hydrogen-bond acceptors (Lipinski definition) is 0. The fourth-order valence-corrected chi connectivity index (χ4v) is 9.39. The molecular weight excluding hydrogens is 295 g/mol. The second-order valence-electron chi connectivity index (χ2n) is 6.54. The molecular formula is C22H25P. The average molecular weight is 320 g/mol. The Morgan fingerprint density at radius 2 is 1.52 bits per heavy atom. The summed E-state index contributed by atoms with van der Waals surface area (Å²) < 4.78 is 0. The quantitative estimate of drug-likeness (QED) is 0.546. The summed E-state index contributed by atoms with van der Waals surface area (Å²) >= 11 is 0. The molecule has 3 rings (SSSR count). The number of allylic oxidation sites excluding steroid dienone is 5. The molecule has 0 nitrogen and oxygen atoms in total. The van der Waals surface area contributed by atoms with E-state index in [-0.39, 0.29) is 5.16 Å². The molecule has 23 heavy (non-hydrogen) atoms. The monoisotopic (exact) mass is 320 g/mol. The van der Waals surface area contributed by atoms with Crippen molar-refractivity contribution in [1.29, 1.82) is 0 Å². The van der Waals surface area contributed by atoms with Gasteiger partial charge in [-0.15, -0.1) is 0 Å². The van der Waals surface area contributed by atoms with Crippen LogP contribution in [0.4, 0.5) is 0 Å². The first-order valence-corrected chi connectivity index (χ1v) is 10.5. The van der Waals surface area contributed by atoms with E-state index in [1.54, 1.807) is 0 Å². The molecule has 1 aliphatic rings. The molecule has 0 saturated carbocycles. The van der Waals surface area contributed by atoms with Crippen LogP contribution in [0.15, 0.2) is 97.6 Å². The van der Waals surface area contributed by atoms with E-state index in [0.717, 1.165) is 12.6 Å². The van der Waals surface area contributed by atoms with Gasteiger partial charge in [0, 0.05) is 0 Å². The van der Waals surface area contributed by atoms with Gasteiger partial charge in [0.25, 0.3) is 0 Å². The third-order valence-electron chi connectivity index (χ3n) is 5.21. The average Bonchev–Trinajstić information content (AvgIpc) is 2.61. The van der Waals surface area contributed by atoms with Gasteiger partial charge >= 0.3 is 140 Å². The molecule has 0 fully saturated rings. The Labute approximate surface area is 140 Å². The summed E-state index contributed by atoms with van der Waals surface area (Å²) in [6.07, 6.45) is 13.4. The van der Waals surface area contributed by atoms with Crippen molar-refractivity contribution in [3.8, 4) is 0 Å². The van der Waals surface area contributed by atoms with Crippen molar-refractivity contribution >= 4 is 17.9 Å². The molecule has 0 aromatic heterocycles. The van der Waals surface area contributed by atoms with Crippen LogP contribution in [-0.4, -0.2) is 11.3 Å². The molecule has 0 N–H and O–H groups in total. The van der Waals surface area contributed by atoms with Gasteiger partial charge in [-0.2, -0.15) is 0 Å². The van der Waals surface area contributed by atoms with Crippen molar-refractivity contribution in [3.05, 3.63) is 97.6 Å². The van der Waals surface area contributed by atoms with Gasteiger partial charge in [-0.3, -0.25) is 0 Å². The summed E-state index contributed by atoms with van der Waals surface area (Å²) in [5.74, 6) is 0. The number of benzene rings is 2. The van der Waals surface area contributed by atoms with E-state index in [4.69, 9.17) is 0 Å². The van der Waals surface area contributed by atoms with E-state index in [2.05, 4.69) is 105 Å². The van der Waals surface area contributed by atoms with Gasteiger partial charge in [-0.25, -0.2) is 0 Å². The summed E-state index contributed by atoms with van der Waals surface area (Å²) in [6, 6.07) is 22.2. The van der Waals surface area contributed by atoms with E-state index in [0.29, 0.717) is 0 Å². The van der Waals surface area contributed by atoms with Crippen LogP contribution in [0, 0.1) is 0 Å². The van der Waals surface area contributed by atoms with Gasteiger partial charge in [0.05, 0.1) is 0 Å². The van der Waals surface area contributed by atoms with E-state index in [1.807, 2.05) is 0 Å². The van der Waals surface area contributed by atoms with Gasteiger partial charge < -0.3 is 0 Å². The Morgan fingerprint density at radius 1 is 0.957 bits per heavy atom. The predicted molar refractivity (Wildman–Crippen MR) is 107 cm³/mol. The molecule has 1 aliphatic carbocycles. The van der Waals surface area contributed by atoms with Crippen molar-refractivity contribution in [2.75, 3.05) is 6.16 Å². The topological polar surface area (TPSA) is 0 Å². The summed E-state index contributed by atoms with van der Waals surface area (Å²) in [7, 11) is -2.03. The first-order valence-electron chi connectivity index (χ1n) is 8.29. The van der Waals surface area contributed by atoms with E-state index >= 15 is 0 Å².